The molecule has 1 fully saturated rings. The Morgan fingerprint density at radius 1 is 1.71 bits per heavy atom. The molecule has 0 aromatic carbocycles. The molecular weight excluding hydrogens is 183 g/mol. The van der Waals surface area contributed by atoms with E-state index in [-0.39, 0.29) is 1.43 Å². The van der Waals surface area contributed by atoms with E-state index in [4.69, 9.17) is 0 Å². The second-order valence-electron chi connectivity index (χ2n) is 3.42. The van der Waals surface area contributed by atoms with Gasteiger partial charge in [0.2, 0.25) is 0 Å². The van der Waals surface area contributed by atoms with Crippen molar-refractivity contribution in [3.63, 3.8) is 0 Å². The molecule has 0 aliphatic heterocycles. The molecule has 0 N–H and O–H groups in total. The quantitative estimate of drug-likeness (QED) is 0.398. The Morgan fingerprint density at radius 2 is 2.36 bits per heavy atom. The van der Waals surface area contributed by atoms with Gasteiger partial charge in [0.15, 0.2) is 0 Å². The molecule has 0 unspecified atom stereocenters. The van der Waals surface area contributed by atoms with Gasteiger partial charge in [-0.05, 0) is 19.9 Å². The van der Waals surface area contributed by atoms with Crippen molar-refractivity contribution in [3.8, 4) is 0 Å². The number of hydrogen-bond acceptors (Lipinski definition) is 2. The zero-order chi connectivity index (χ0) is 10.6. The maximum Gasteiger partial charge on any atom is 0.330 e. The fraction of sp³-hybridized carbons (Fsp3) is 0.545. The van der Waals surface area contributed by atoms with Gasteiger partial charge in [0.25, 0.3) is 0 Å². The lowest BCUT2D eigenvalue weighted by atomic mass is 9.77. The normalized spacial score (nSPS) is 26.1. The SMILES string of the molecule is CC=C1CC(F)(/C=C/C(=O)OCC)C1.[HH]. The molecule has 0 saturated heterocycles. The number of ether oxygens (including phenoxy) is 1. The number of esters is 1. The molecule has 0 bridgehead atoms. The summed E-state index contributed by atoms with van der Waals surface area (Å²) in [4.78, 5) is 10.9. The highest BCUT2D eigenvalue weighted by Gasteiger charge is 2.38. The third-order valence-corrected chi connectivity index (χ3v) is 2.25. The molecule has 1 aliphatic carbocycles. The number of allylic oxidation sites excluding steroid dienone is 3. The van der Waals surface area contributed by atoms with Crippen LogP contribution in [0.25, 0.3) is 0 Å². The van der Waals surface area contributed by atoms with Crippen molar-refractivity contribution in [1.29, 1.82) is 0 Å². The van der Waals surface area contributed by atoms with Gasteiger partial charge in [-0.1, -0.05) is 11.6 Å². The molecule has 3 heteroatoms. The second-order valence-corrected chi connectivity index (χ2v) is 3.42. The standard InChI is InChI=1S/C11H15FO2.H2/c1-3-9-7-11(12,8-9)6-5-10(13)14-4-2;/h3,5-6H,4,7-8H2,1-2H3;1H/b6-5+,9-3?;. The van der Waals surface area contributed by atoms with Crippen molar-refractivity contribution in [1.82, 2.24) is 0 Å². The van der Waals surface area contributed by atoms with Crippen LogP contribution in [0.1, 0.15) is 28.1 Å². The lowest BCUT2D eigenvalue weighted by molar-refractivity contribution is -0.137. The number of carbonyl (C=O) groups excluding carboxylic acids is 1. The van der Waals surface area contributed by atoms with E-state index in [1.54, 1.807) is 6.92 Å². The molecule has 0 amide bonds. The van der Waals surface area contributed by atoms with E-state index in [1.165, 1.54) is 12.2 Å². The highest BCUT2D eigenvalue weighted by Crippen LogP contribution is 2.41. The third-order valence-electron chi connectivity index (χ3n) is 2.25. The Bertz CT molecular complexity index is 276. The Morgan fingerprint density at radius 3 is 2.86 bits per heavy atom. The first-order chi connectivity index (χ1) is 6.59. The van der Waals surface area contributed by atoms with Gasteiger partial charge in [-0.3, -0.25) is 0 Å². The van der Waals surface area contributed by atoms with E-state index in [9.17, 15) is 9.18 Å². The van der Waals surface area contributed by atoms with Crippen molar-refractivity contribution in [3.05, 3.63) is 23.8 Å². The molecule has 80 valence electrons. The van der Waals surface area contributed by atoms with Crippen molar-refractivity contribution in [2.24, 2.45) is 0 Å². The summed E-state index contributed by atoms with van der Waals surface area (Å²) in [5.74, 6) is -0.474. The molecular formula is C11H17FO2. The van der Waals surface area contributed by atoms with Crippen LogP contribution >= 0.6 is 0 Å². The number of rotatable bonds is 3. The Kier molecular flexibility index (Phi) is 3.44. The summed E-state index contributed by atoms with van der Waals surface area (Å²) in [6.07, 6.45) is 5.20. The van der Waals surface area contributed by atoms with Crippen LogP contribution in [-0.2, 0) is 9.53 Å². The van der Waals surface area contributed by atoms with E-state index in [2.05, 4.69) is 4.74 Å². The van der Waals surface area contributed by atoms with Crippen molar-refractivity contribution >= 4 is 5.97 Å². The molecule has 1 saturated carbocycles. The summed E-state index contributed by atoms with van der Waals surface area (Å²) < 4.78 is 18.3. The van der Waals surface area contributed by atoms with Gasteiger partial charge in [0, 0.05) is 20.3 Å². The van der Waals surface area contributed by atoms with Crippen LogP contribution in [0.3, 0.4) is 0 Å². The summed E-state index contributed by atoms with van der Waals surface area (Å²) in [5, 5.41) is 0. The summed E-state index contributed by atoms with van der Waals surface area (Å²) >= 11 is 0. The summed E-state index contributed by atoms with van der Waals surface area (Å²) in [7, 11) is 0. The van der Waals surface area contributed by atoms with Crippen LogP contribution in [0.4, 0.5) is 4.39 Å². The average molecular weight is 200 g/mol. The van der Waals surface area contributed by atoms with Gasteiger partial charge in [-0.15, -0.1) is 0 Å². The maximum absolute atomic E-state index is 13.6. The smallest absolute Gasteiger partial charge is 0.330 e. The first-order valence-corrected chi connectivity index (χ1v) is 4.78. The second kappa shape index (κ2) is 4.40. The van der Waals surface area contributed by atoms with Gasteiger partial charge in [0.05, 0.1) is 6.61 Å². The molecule has 1 aliphatic rings. The molecule has 0 atom stereocenters. The molecule has 1 rings (SSSR count). The van der Waals surface area contributed by atoms with Gasteiger partial charge in [0.1, 0.15) is 5.67 Å². The van der Waals surface area contributed by atoms with Gasteiger partial charge < -0.3 is 4.74 Å². The molecule has 0 aromatic rings. The van der Waals surface area contributed by atoms with E-state index in [0.29, 0.717) is 19.4 Å². The highest BCUT2D eigenvalue weighted by molar-refractivity contribution is 5.82. The monoisotopic (exact) mass is 200 g/mol. The van der Waals surface area contributed by atoms with Gasteiger partial charge >= 0.3 is 5.97 Å². The summed E-state index contributed by atoms with van der Waals surface area (Å²) in [5.41, 5.74) is -0.227. The van der Waals surface area contributed by atoms with E-state index >= 15 is 0 Å². The minimum Gasteiger partial charge on any atom is -0.463 e. The van der Waals surface area contributed by atoms with Crippen molar-refractivity contribution in [2.45, 2.75) is 32.4 Å². The summed E-state index contributed by atoms with van der Waals surface area (Å²) in [6, 6.07) is 0. The number of alkyl halides is 1. The molecule has 0 heterocycles. The van der Waals surface area contributed by atoms with Crippen LogP contribution in [0, 0.1) is 0 Å². The average Bonchev–Trinajstić information content (AvgIpc) is 2.11. The van der Waals surface area contributed by atoms with E-state index in [0.717, 1.165) is 5.57 Å². The molecule has 0 spiro atoms. The molecule has 0 radical (unpaired) electrons. The van der Waals surface area contributed by atoms with E-state index in [1.807, 2.05) is 13.0 Å². The Balaban J connectivity index is 0.00000196. The first-order valence-electron chi connectivity index (χ1n) is 4.78. The Hall–Kier alpha value is -1.12. The van der Waals surface area contributed by atoms with Crippen LogP contribution in [0.2, 0.25) is 0 Å². The topological polar surface area (TPSA) is 26.3 Å². The fourth-order valence-electron chi connectivity index (χ4n) is 1.43. The van der Waals surface area contributed by atoms with Gasteiger partial charge in [-0.2, -0.15) is 0 Å². The van der Waals surface area contributed by atoms with Crippen LogP contribution in [0.15, 0.2) is 23.8 Å². The fourth-order valence-corrected chi connectivity index (χ4v) is 1.43. The molecule has 2 nitrogen and oxygen atoms in total. The maximum atomic E-state index is 13.6. The lowest BCUT2D eigenvalue weighted by Gasteiger charge is -2.33. The van der Waals surface area contributed by atoms with Crippen LogP contribution in [-0.4, -0.2) is 18.2 Å². The predicted octanol–water partition coefficient (Wildman–Crippen LogP) is 2.80. The lowest BCUT2D eigenvalue weighted by Crippen LogP contribution is -2.31. The van der Waals surface area contributed by atoms with Gasteiger partial charge in [-0.25, -0.2) is 9.18 Å². The number of carbonyl (C=O) groups is 1. The zero-order valence-corrected chi connectivity index (χ0v) is 8.55. The third kappa shape index (κ3) is 2.69. The minimum absolute atomic E-state index is 0. The van der Waals surface area contributed by atoms with E-state index < -0.39 is 11.6 Å². The van der Waals surface area contributed by atoms with Crippen LogP contribution in [0.5, 0.6) is 0 Å². The number of hydrogen-bond donors (Lipinski definition) is 0. The molecule has 14 heavy (non-hydrogen) atoms. The van der Waals surface area contributed by atoms with Crippen molar-refractivity contribution < 1.29 is 15.3 Å². The Labute approximate surface area is 84.9 Å². The number of halogens is 1. The first kappa shape index (κ1) is 11.0. The predicted molar refractivity (Wildman–Crippen MR) is 54.7 cm³/mol. The van der Waals surface area contributed by atoms with Crippen LogP contribution < -0.4 is 0 Å². The van der Waals surface area contributed by atoms with Crippen molar-refractivity contribution in [2.75, 3.05) is 6.61 Å². The molecule has 0 aromatic heterocycles. The minimum atomic E-state index is -1.32. The largest absolute Gasteiger partial charge is 0.463 e. The highest BCUT2D eigenvalue weighted by atomic mass is 19.1. The summed E-state index contributed by atoms with van der Waals surface area (Å²) in [6.45, 7) is 3.94. The zero-order valence-electron chi connectivity index (χ0n) is 8.55.